The molecule has 158 valence electrons. The first-order valence-corrected chi connectivity index (χ1v) is 11.2. The van der Waals surface area contributed by atoms with Gasteiger partial charge in [-0.15, -0.1) is 0 Å². The van der Waals surface area contributed by atoms with E-state index in [9.17, 15) is 5.11 Å². The summed E-state index contributed by atoms with van der Waals surface area (Å²) in [5.41, 5.74) is 5.80. The number of para-hydroxylation sites is 3. The molecular formula is C26H26ClN3O. The third kappa shape index (κ3) is 4.32. The smallest absolute Gasteiger partial charge is 0.114 e. The highest BCUT2D eigenvalue weighted by molar-refractivity contribution is 6.30. The van der Waals surface area contributed by atoms with Crippen molar-refractivity contribution in [3.63, 3.8) is 0 Å². The van der Waals surface area contributed by atoms with Crippen LogP contribution in [-0.4, -0.2) is 33.9 Å². The van der Waals surface area contributed by atoms with Crippen LogP contribution in [0.5, 0.6) is 0 Å². The Morgan fingerprint density at radius 1 is 0.935 bits per heavy atom. The lowest BCUT2D eigenvalue weighted by Crippen LogP contribution is -2.38. The molecule has 0 bridgehead atoms. The average Bonchev–Trinajstić information content (AvgIpc) is 3.12. The van der Waals surface area contributed by atoms with E-state index in [1.165, 1.54) is 11.3 Å². The fraction of sp³-hybridized carbons (Fsp3) is 0.269. The molecule has 4 aromatic rings. The van der Waals surface area contributed by atoms with Crippen molar-refractivity contribution in [2.24, 2.45) is 0 Å². The lowest BCUT2D eigenvalue weighted by molar-refractivity contribution is 0.159. The molecule has 1 N–H and O–H groups in total. The second-order valence-corrected chi connectivity index (χ2v) is 8.70. The van der Waals surface area contributed by atoms with E-state index < -0.39 is 6.10 Å². The Balaban J connectivity index is 1.40. The molecule has 2 heterocycles. The van der Waals surface area contributed by atoms with Gasteiger partial charge in [0.15, 0.2) is 0 Å². The van der Waals surface area contributed by atoms with E-state index in [2.05, 4.69) is 39.8 Å². The van der Waals surface area contributed by atoms with Crippen molar-refractivity contribution in [2.75, 3.05) is 18.0 Å². The monoisotopic (exact) mass is 431 g/mol. The number of aryl methyl sites for hydroxylation is 1. The van der Waals surface area contributed by atoms with Crippen LogP contribution in [0.25, 0.3) is 11.0 Å². The van der Waals surface area contributed by atoms with Crippen LogP contribution in [0.3, 0.4) is 0 Å². The summed E-state index contributed by atoms with van der Waals surface area (Å²) in [4.78, 5) is 7.19. The summed E-state index contributed by atoms with van der Waals surface area (Å²) in [5, 5.41) is 11.8. The van der Waals surface area contributed by atoms with E-state index in [1.807, 2.05) is 42.5 Å². The number of aromatic nitrogens is 2. The van der Waals surface area contributed by atoms with Gasteiger partial charge in [-0.2, -0.15) is 0 Å². The second-order valence-electron chi connectivity index (χ2n) is 8.26. The van der Waals surface area contributed by atoms with E-state index in [0.29, 0.717) is 19.5 Å². The van der Waals surface area contributed by atoms with Gasteiger partial charge in [0.1, 0.15) is 5.82 Å². The van der Waals surface area contributed by atoms with E-state index in [0.717, 1.165) is 46.8 Å². The molecule has 0 aliphatic carbocycles. The molecule has 1 aliphatic heterocycles. The summed E-state index contributed by atoms with van der Waals surface area (Å²) in [7, 11) is 0. The first-order chi connectivity index (χ1) is 15.2. The van der Waals surface area contributed by atoms with Crippen LogP contribution >= 0.6 is 11.6 Å². The standard InChI is InChI=1S/C26H26ClN3O/c27-21-13-11-19(12-14-21)16-26-28-23-8-2-4-10-25(23)30(26)18-22(31)17-29-15-5-7-20-6-1-3-9-24(20)29/h1-4,6,8-14,22,31H,5,7,15-18H2/t22-/m1/s1. The molecule has 0 spiro atoms. The summed E-state index contributed by atoms with van der Waals surface area (Å²) in [6, 6.07) is 24.6. The van der Waals surface area contributed by atoms with Crippen molar-refractivity contribution in [1.29, 1.82) is 0 Å². The second kappa shape index (κ2) is 8.74. The third-order valence-corrected chi connectivity index (χ3v) is 6.29. The third-order valence-electron chi connectivity index (χ3n) is 6.04. The normalized spacial score (nSPS) is 14.6. The Hall–Kier alpha value is -2.82. The largest absolute Gasteiger partial charge is 0.389 e. The minimum atomic E-state index is -0.493. The van der Waals surface area contributed by atoms with E-state index in [4.69, 9.17) is 16.6 Å². The van der Waals surface area contributed by atoms with Crippen molar-refractivity contribution in [3.8, 4) is 0 Å². The summed E-state index contributed by atoms with van der Waals surface area (Å²) >= 11 is 6.05. The lowest BCUT2D eigenvalue weighted by Gasteiger charge is -2.33. The summed E-state index contributed by atoms with van der Waals surface area (Å²) in [6.07, 6.45) is 2.44. The number of aliphatic hydroxyl groups is 1. The van der Waals surface area contributed by atoms with Crippen LogP contribution in [0.1, 0.15) is 23.4 Å². The zero-order valence-electron chi connectivity index (χ0n) is 17.4. The molecule has 31 heavy (non-hydrogen) atoms. The molecule has 5 heteroatoms. The van der Waals surface area contributed by atoms with Crippen molar-refractivity contribution >= 4 is 28.3 Å². The zero-order valence-corrected chi connectivity index (χ0v) is 18.2. The van der Waals surface area contributed by atoms with Gasteiger partial charge in [0, 0.05) is 30.2 Å². The van der Waals surface area contributed by atoms with Gasteiger partial charge in [-0.25, -0.2) is 4.98 Å². The van der Waals surface area contributed by atoms with Crippen LogP contribution < -0.4 is 4.90 Å². The molecule has 1 atom stereocenters. The maximum absolute atomic E-state index is 11.1. The maximum atomic E-state index is 11.1. The average molecular weight is 432 g/mol. The van der Waals surface area contributed by atoms with Crippen LogP contribution in [0.15, 0.2) is 72.8 Å². The minimum absolute atomic E-state index is 0.493. The number of hydrogen-bond acceptors (Lipinski definition) is 3. The molecule has 1 aliphatic rings. The highest BCUT2D eigenvalue weighted by Crippen LogP contribution is 2.27. The number of rotatable bonds is 6. The Labute approximate surface area is 187 Å². The van der Waals surface area contributed by atoms with Gasteiger partial charge in [-0.1, -0.05) is 54.1 Å². The van der Waals surface area contributed by atoms with Gasteiger partial charge in [0.05, 0.1) is 23.7 Å². The fourth-order valence-corrected chi connectivity index (χ4v) is 4.70. The van der Waals surface area contributed by atoms with Gasteiger partial charge in [-0.05, 0) is 54.3 Å². The van der Waals surface area contributed by atoms with Crippen LogP contribution in [0, 0.1) is 0 Å². The van der Waals surface area contributed by atoms with Crippen molar-refractivity contribution in [2.45, 2.75) is 31.9 Å². The number of hydrogen-bond donors (Lipinski definition) is 1. The van der Waals surface area contributed by atoms with E-state index >= 15 is 0 Å². The Morgan fingerprint density at radius 2 is 1.71 bits per heavy atom. The predicted octanol–water partition coefficient (Wildman–Crippen LogP) is 5.09. The molecule has 0 unspecified atom stereocenters. The van der Waals surface area contributed by atoms with Crippen molar-refractivity contribution in [1.82, 2.24) is 9.55 Å². The number of imidazole rings is 1. The maximum Gasteiger partial charge on any atom is 0.114 e. The molecule has 0 amide bonds. The summed E-state index contributed by atoms with van der Waals surface area (Å²) < 4.78 is 2.17. The number of aliphatic hydroxyl groups excluding tert-OH is 1. The molecular weight excluding hydrogens is 406 g/mol. The molecule has 1 aromatic heterocycles. The zero-order chi connectivity index (χ0) is 21.2. The van der Waals surface area contributed by atoms with Gasteiger partial charge < -0.3 is 14.6 Å². The molecule has 3 aromatic carbocycles. The number of β-amino-alcohol motifs (C(OH)–C–C–N with tert-alkyl or cyclic N) is 1. The molecule has 5 rings (SSSR count). The molecule has 0 saturated heterocycles. The van der Waals surface area contributed by atoms with Crippen molar-refractivity contribution < 1.29 is 5.11 Å². The van der Waals surface area contributed by atoms with Crippen LogP contribution in [0.4, 0.5) is 5.69 Å². The SMILES string of the molecule is O[C@H](CN1CCCc2ccccc21)Cn1c(Cc2ccc(Cl)cc2)nc2ccccc21. The Bertz CT molecular complexity index is 1180. The fourth-order valence-electron chi connectivity index (χ4n) is 4.57. The van der Waals surface area contributed by atoms with E-state index in [-0.39, 0.29) is 0 Å². The predicted molar refractivity (Wildman–Crippen MR) is 127 cm³/mol. The van der Waals surface area contributed by atoms with Crippen LogP contribution in [-0.2, 0) is 19.4 Å². The quantitative estimate of drug-likeness (QED) is 0.462. The molecule has 0 saturated carbocycles. The van der Waals surface area contributed by atoms with Gasteiger partial charge in [-0.3, -0.25) is 0 Å². The van der Waals surface area contributed by atoms with Gasteiger partial charge in [0.2, 0.25) is 0 Å². The Morgan fingerprint density at radius 3 is 2.58 bits per heavy atom. The first-order valence-electron chi connectivity index (χ1n) is 10.9. The lowest BCUT2D eigenvalue weighted by atomic mass is 10.0. The molecule has 4 nitrogen and oxygen atoms in total. The number of fused-ring (bicyclic) bond motifs is 2. The number of halogens is 1. The number of benzene rings is 3. The Kier molecular flexibility index (Phi) is 5.66. The first kappa shape index (κ1) is 20.1. The topological polar surface area (TPSA) is 41.3 Å². The van der Waals surface area contributed by atoms with Gasteiger partial charge in [0.25, 0.3) is 0 Å². The minimum Gasteiger partial charge on any atom is -0.389 e. The molecule has 0 fully saturated rings. The summed E-state index contributed by atoms with van der Waals surface area (Å²) in [5.74, 6) is 0.960. The van der Waals surface area contributed by atoms with Crippen LogP contribution in [0.2, 0.25) is 5.02 Å². The van der Waals surface area contributed by atoms with Gasteiger partial charge >= 0.3 is 0 Å². The number of anilines is 1. The highest BCUT2D eigenvalue weighted by Gasteiger charge is 2.21. The van der Waals surface area contributed by atoms with Crippen molar-refractivity contribution in [3.05, 3.63) is 94.8 Å². The highest BCUT2D eigenvalue weighted by atomic mass is 35.5. The number of nitrogens with zero attached hydrogens (tertiary/aromatic N) is 3. The summed E-state index contributed by atoms with van der Waals surface area (Å²) in [6.45, 7) is 2.11. The molecule has 0 radical (unpaired) electrons. The van der Waals surface area contributed by atoms with E-state index in [1.54, 1.807) is 0 Å².